The first kappa shape index (κ1) is 16.6. The molecule has 0 aliphatic carbocycles. The fourth-order valence-corrected chi connectivity index (χ4v) is 2.83. The van der Waals surface area contributed by atoms with Gasteiger partial charge >= 0.3 is 0 Å². The summed E-state index contributed by atoms with van der Waals surface area (Å²) in [5.74, 6) is -3.82. The molecule has 0 bridgehead atoms. The van der Waals surface area contributed by atoms with E-state index in [0.717, 1.165) is 4.68 Å². The van der Waals surface area contributed by atoms with E-state index >= 15 is 0 Å². The van der Waals surface area contributed by atoms with Crippen molar-refractivity contribution in [2.45, 2.75) is 0 Å². The number of aromatic nitrogens is 3. The van der Waals surface area contributed by atoms with E-state index in [1.807, 2.05) is 4.90 Å². The summed E-state index contributed by atoms with van der Waals surface area (Å²) < 4.78 is 41.1. The highest BCUT2D eigenvalue weighted by Gasteiger charge is 2.24. The van der Waals surface area contributed by atoms with Crippen molar-refractivity contribution in [2.24, 2.45) is 7.05 Å². The zero-order chi connectivity index (χ0) is 17.4. The molecule has 3 heterocycles. The van der Waals surface area contributed by atoms with Crippen LogP contribution in [0.1, 0.15) is 0 Å². The predicted octanol–water partition coefficient (Wildman–Crippen LogP) is 1.57. The Bertz CT molecular complexity index is 836. The van der Waals surface area contributed by atoms with E-state index in [-0.39, 0.29) is 10.8 Å². The highest BCUT2D eigenvalue weighted by molar-refractivity contribution is 6.33. The lowest BCUT2D eigenvalue weighted by Gasteiger charge is -2.36. The fraction of sp³-hybridized carbons (Fsp3) is 0.357. The first-order valence-electron chi connectivity index (χ1n) is 7.11. The first-order valence-corrected chi connectivity index (χ1v) is 7.49. The zero-order valence-electron chi connectivity index (χ0n) is 12.6. The van der Waals surface area contributed by atoms with E-state index in [1.54, 1.807) is 0 Å². The Hall–Kier alpha value is -2.29. The van der Waals surface area contributed by atoms with Gasteiger partial charge in [-0.15, -0.1) is 0 Å². The number of aryl methyl sites for hydroxylation is 1. The Balaban J connectivity index is 1.78. The van der Waals surface area contributed by atoms with Gasteiger partial charge in [-0.25, -0.2) is 13.5 Å². The van der Waals surface area contributed by atoms with Gasteiger partial charge in [-0.05, 0) is 0 Å². The Morgan fingerprint density at radius 3 is 2.38 bits per heavy atom. The molecule has 0 N–H and O–H groups in total. The average molecular weight is 360 g/mol. The monoisotopic (exact) mass is 359 g/mol. The Morgan fingerprint density at radius 1 is 1.08 bits per heavy atom. The molecule has 2 aromatic heterocycles. The van der Waals surface area contributed by atoms with Crippen molar-refractivity contribution in [3.63, 3.8) is 0 Å². The summed E-state index contributed by atoms with van der Waals surface area (Å²) in [7, 11) is 1.49. The second-order valence-corrected chi connectivity index (χ2v) is 5.69. The molecule has 24 heavy (non-hydrogen) atoms. The van der Waals surface area contributed by atoms with Gasteiger partial charge in [0.1, 0.15) is 5.02 Å². The lowest BCUT2D eigenvalue weighted by atomic mass is 10.2. The molecule has 1 aliphatic rings. The topological polar surface area (TPSA) is 54.3 Å². The molecule has 1 aliphatic heterocycles. The van der Waals surface area contributed by atoms with E-state index < -0.39 is 23.1 Å². The third-order valence-corrected chi connectivity index (χ3v) is 4.20. The molecule has 0 amide bonds. The third-order valence-electron chi connectivity index (χ3n) is 3.85. The van der Waals surface area contributed by atoms with Gasteiger partial charge in [0.05, 0.1) is 11.9 Å². The van der Waals surface area contributed by atoms with Crippen LogP contribution in [-0.4, -0.2) is 40.9 Å². The van der Waals surface area contributed by atoms with Gasteiger partial charge in [0.2, 0.25) is 0 Å². The van der Waals surface area contributed by atoms with Crippen molar-refractivity contribution in [2.75, 3.05) is 36.0 Å². The Labute approximate surface area is 140 Å². The summed E-state index contributed by atoms with van der Waals surface area (Å²) in [4.78, 5) is 18.5. The highest BCUT2D eigenvalue weighted by atomic mass is 35.5. The number of pyridine rings is 1. The number of piperazine rings is 1. The van der Waals surface area contributed by atoms with Gasteiger partial charge in [0, 0.05) is 39.3 Å². The van der Waals surface area contributed by atoms with Gasteiger partial charge in [-0.1, -0.05) is 11.6 Å². The molecule has 0 saturated carbocycles. The number of halogens is 4. The van der Waals surface area contributed by atoms with Crippen molar-refractivity contribution < 1.29 is 13.2 Å². The van der Waals surface area contributed by atoms with Crippen molar-refractivity contribution in [1.82, 2.24) is 14.8 Å². The second-order valence-electron chi connectivity index (χ2n) is 5.31. The Morgan fingerprint density at radius 2 is 1.71 bits per heavy atom. The van der Waals surface area contributed by atoms with Gasteiger partial charge in [-0.3, -0.25) is 4.79 Å². The number of rotatable bonds is 2. The predicted molar refractivity (Wildman–Crippen MR) is 83.0 cm³/mol. The van der Waals surface area contributed by atoms with Gasteiger partial charge in [0.25, 0.3) is 11.5 Å². The van der Waals surface area contributed by atoms with Crippen LogP contribution >= 0.6 is 11.6 Å². The first-order chi connectivity index (χ1) is 11.4. The molecule has 0 unspecified atom stereocenters. The number of hydrogen-bond donors (Lipinski definition) is 0. The fourth-order valence-electron chi connectivity index (χ4n) is 2.54. The summed E-state index contributed by atoms with van der Waals surface area (Å²) in [6, 6.07) is 0.478. The van der Waals surface area contributed by atoms with Crippen molar-refractivity contribution in [1.29, 1.82) is 0 Å². The van der Waals surface area contributed by atoms with E-state index in [9.17, 15) is 18.0 Å². The SMILES string of the molecule is Cn1ncc(N2CCN(c3nc(F)c(F)cc3F)CC2)c(Cl)c1=O. The van der Waals surface area contributed by atoms with Crippen molar-refractivity contribution in [3.8, 4) is 0 Å². The molecule has 0 atom stereocenters. The van der Waals surface area contributed by atoms with Crippen LogP contribution in [0, 0.1) is 17.6 Å². The summed E-state index contributed by atoms with van der Waals surface area (Å²) >= 11 is 6.06. The third kappa shape index (κ3) is 2.91. The van der Waals surface area contributed by atoms with Gasteiger partial charge < -0.3 is 9.80 Å². The minimum Gasteiger partial charge on any atom is -0.365 e. The molecule has 10 heteroatoms. The number of hydrogen-bond acceptors (Lipinski definition) is 5. The van der Waals surface area contributed by atoms with Crippen LogP contribution in [0.3, 0.4) is 0 Å². The zero-order valence-corrected chi connectivity index (χ0v) is 13.4. The molecule has 0 aromatic carbocycles. The standard InChI is InChI=1S/C14H13ClF3N5O/c1-21-14(24)11(15)10(7-19-21)22-2-4-23(5-3-22)13-9(17)6-8(16)12(18)20-13/h6-7H,2-5H2,1H3. The summed E-state index contributed by atoms with van der Waals surface area (Å²) in [6.45, 7) is 1.41. The average Bonchev–Trinajstić information content (AvgIpc) is 2.56. The lowest BCUT2D eigenvalue weighted by Crippen LogP contribution is -2.47. The van der Waals surface area contributed by atoms with Crippen LogP contribution in [0.5, 0.6) is 0 Å². The molecule has 1 fully saturated rings. The van der Waals surface area contributed by atoms with Gasteiger partial charge in [0.15, 0.2) is 17.5 Å². The van der Waals surface area contributed by atoms with Crippen LogP contribution in [-0.2, 0) is 7.05 Å². The molecule has 3 rings (SSSR count). The second kappa shape index (κ2) is 6.31. The van der Waals surface area contributed by atoms with E-state index in [0.29, 0.717) is 37.9 Å². The molecule has 6 nitrogen and oxygen atoms in total. The minimum atomic E-state index is -1.34. The molecule has 0 spiro atoms. The van der Waals surface area contributed by atoms with Crippen LogP contribution in [0.2, 0.25) is 5.02 Å². The molecule has 0 radical (unpaired) electrons. The van der Waals surface area contributed by atoms with Crippen molar-refractivity contribution in [3.05, 3.63) is 45.2 Å². The van der Waals surface area contributed by atoms with E-state index in [1.165, 1.54) is 18.1 Å². The van der Waals surface area contributed by atoms with Crippen LogP contribution < -0.4 is 15.4 Å². The summed E-state index contributed by atoms with van der Waals surface area (Å²) in [5.41, 5.74) is 0.0723. The van der Waals surface area contributed by atoms with E-state index in [2.05, 4.69) is 10.1 Å². The normalized spacial score (nSPS) is 15.0. The quantitative estimate of drug-likeness (QED) is 0.762. The summed E-state index contributed by atoms with van der Waals surface area (Å²) in [5, 5.41) is 3.98. The maximum atomic E-state index is 13.8. The maximum absolute atomic E-state index is 13.8. The smallest absolute Gasteiger partial charge is 0.287 e. The summed E-state index contributed by atoms with van der Waals surface area (Å²) in [6.07, 6.45) is 1.48. The number of anilines is 2. The highest BCUT2D eigenvalue weighted by Crippen LogP contribution is 2.25. The molecule has 2 aromatic rings. The van der Waals surface area contributed by atoms with Crippen LogP contribution in [0.15, 0.2) is 17.1 Å². The molecular formula is C14H13ClF3N5O. The van der Waals surface area contributed by atoms with E-state index in [4.69, 9.17) is 11.6 Å². The lowest BCUT2D eigenvalue weighted by molar-refractivity contribution is 0.461. The van der Waals surface area contributed by atoms with Crippen molar-refractivity contribution >= 4 is 23.1 Å². The van der Waals surface area contributed by atoms with Crippen LogP contribution in [0.25, 0.3) is 0 Å². The Kier molecular flexibility index (Phi) is 4.35. The molecule has 128 valence electrons. The minimum absolute atomic E-state index is 0.0538. The molecule has 1 saturated heterocycles. The molecular weight excluding hydrogens is 347 g/mol. The largest absolute Gasteiger partial charge is 0.365 e. The van der Waals surface area contributed by atoms with Gasteiger partial charge in [-0.2, -0.15) is 14.5 Å². The number of nitrogens with zero attached hydrogens (tertiary/aromatic N) is 5. The maximum Gasteiger partial charge on any atom is 0.287 e. The van der Waals surface area contributed by atoms with Crippen LogP contribution in [0.4, 0.5) is 24.7 Å².